The van der Waals surface area contributed by atoms with Gasteiger partial charge in [0.05, 0.1) is 20.8 Å². The maximum atomic E-state index is 12.9. The van der Waals surface area contributed by atoms with E-state index in [4.69, 9.17) is 21.7 Å². The third-order valence-corrected chi connectivity index (χ3v) is 5.97. The van der Waals surface area contributed by atoms with E-state index in [1.165, 1.54) is 5.56 Å². The molecule has 0 unspecified atom stereocenters. The van der Waals surface area contributed by atoms with E-state index in [2.05, 4.69) is 10.3 Å². The smallest absolute Gasteiger partial charge is 0.253 e. The van der Waals surface area contributed by atoms with E-state index in [0.717, 1.165) is 33.7 Å². The summed E-state index contributed by atoms with van der Waals surface area (Å²) < 4.78 is 10.6. The Kier molecular flexibility index (Phi) is 7.13. The number of ether oxygens (including phenoxy) is 2. The van der Waals surface area contributed by atoms with Gasteiger partial charge in [0.2, 0.25) is 0 Å². The van der Waals surface area contributed by atoms with Crippen molar-refractivity contribution >= 4 is 33.9 Å². The lowest BCUT2D eigenvalue weighted by atomic mass is 10.1. The Labute approximate surface area is 204 Å². The fourth-order valence-corrected chi connectivity index (χ4v) is 3.92. The minimum Gasteiger partial charge on any atom is -0.497 e. The summed E-state index contributed by atoms with van der Waals surface area (Å²) in [5, 5.41) is 4.74. The number of thiocarbonyl (C=S) groups is 1. The molecule has 0 atom stereocenters. The molecule has 6 nitrogen and oxygen atoms in total. The highest BCUT2D eigenvalue weighted by molar-refractivity contribution is 7.80. The van der Waals surface area contributed by atoms with Crippen LogP contribution in [0.1, 0.15) is 16.7 Å². The number of methoxy groups -OCH3 is 2. The van der Waals surface area contributed by atoms with E-state index in [1.807, 2.05) is 84.6 Å². The molecule has 1 aromatic heterocycles. The molecule has 3 aromatic carbocycles. The molecule has 0 bridgehead atoms. The molecule has 0 spiro atoms. The van der Waals surface area contributed by atoms with Crippen LogP contribution in [0.2, 0.25) is 0 Å². The van der Waals surface area contributed by atoms with Crippen molar-refractivity contribution in [1.29, 1.82) is 0 Å². The number of nitrogens with one attached hydrogen (secondary N) is 2. The summed E-state index contributed by atoms with van der Waals surface area (Å²) in [6, 6.07) is 23.3. The summed E-state index contributed by atoms with van der Waals surface area (Å²) in [5.41, 5.74) is 4.35. The van der Waals surface area contributed by atoms with Gasteiger partial charge in [-0.1, -0.05) is 29.8 Å². The molecule has 0 saturated carbocycles. The van der Waals surface area contributed by atoms with Crippen molar-refractivity contribution < 1.29 is 9.47 Å². The van der Waals surface area contributed by atoms with Gasteiger partial charge < -0.3 is 24.7 Å². The Bertz CT molecular complexity index is 1350. The molecule has 7 heteroatoms. The predicted molar refractivity (Wildman–Crippen MR) is 141 cm³/mol. The van der Waals surface area contributed by atoms with E-state index in [9.17, 15) is 4.79 Å². The highest BCUT2D eigenvalue weighted by Crippen LogP contribution is 2.21. The van der Waals surface area contributed by atoms with Crippen molar-refractivity contribution in [3.8, 4) is 11.5 Å². The van der Waals surface area contributed by atoms with Crippen LogP contribution in [-0.2, 0) is 13.1 Å². The van der Waals surface area contributed by atoms with Gasteiger partial charge in [0.1, 0.15) is 11.5 Å². The first-order valence-electron chi connectivity index (χ1n) is 10.9. The average Bonchev–Trinajstić information content (AvgIpc) is 2.85. The van der Waals surface area contributed by atoms with Crippen molar-refractivity contribution in [2.24, 2.45) is 0 Å². The van der Waals surface area contributed by atoms with E-state index in [1.54, 1.807) is 14.2 Å². The van der Waals surface area contributed by atoms with Crippen LogP contribution in [0.4, 0.5) is 5.69 Å². The Morgan fingerprint density at radius 3 is 2.26 bits per heavy atom. The van der Waals surface area contributed by atoms with Crippen molar-refractivity contribution in [3.63, 3.8) is 0 Å². The number of H-pyrrole nitrogens is 1. The summed E-state index contributed by atoms with van der Waals surface area (Å²) in [4.78, 5) is 17.8. The number of fused-ring (bicyclic) bond motifs is 1. The standard InChI is InChI=1S/C27H27N3O3S/c1-18-4-8-22(9-5-18)28-27(34)30(16-19-6-10-23(32-2)11-7-19)17-21-14-20-15-24(33-3)12-13-25(20)29-26(21)31/h4-15H,16-17H2,1-3H3,(H,28,34)(H,29,31). The SMILES string of the molecule is COc1ccc(CN(Cc2cc3cc(OC)ccc3[nH]c2=O)C(=S)Nc2ccc(C)cc2)cc1. The Balaban J connectivity index is 1.64. The molecular weight excluding hydrogens is 446 g/mol. The molecule has 0 aliphatic rings. The molecule has 4 aromatic rings. The minimum atomic E-state index is -0.143. The van der Waals surface area contributed by atoms with E-state index in [-0.39, 0.29) is 5.56 Å². The van der Waals surface area contributed by atoms with Gasteiger partial charge in [0.25, 0.3) is 5.56 Å². The fourth-order valence-electron chi connectivity index (χ4n) is 3.67. The summed E-state index contributed by atoms with van der Waals surface area (Å²) in [5.74, 6) is 1.52. The number of pyridine rings is 1. The van der Waals surface area contributed by atoms with Gasteiger partial charge in [-0.2, -0.15) is 0 Å². The molecule has 0 fully saturated rings. The van der Waals surface area contributed by atoms with Crippen molar-refractivity contribution in [2.45, 2.75) is 20.0 Å². The minimum absolute atomic E-state index is 0.143. The lowest BCUT2D eigenvalue weighted by Crippen LogP contribution is -2.35. The summed E-state index contributed by atoms with van der Waals surface area (Å²) in [6.45, 7) is 2.91. The molecule has 174 valence electrons. The van der Waals surface area contributed by atoms with Gasteiger partial charge in [-0.25, -0.2) is 0 Å². The van der Waals surface area contributed by atoms with Gasteiger partial charge in [-0.05, 0) is 73.2 Å². The molecule has 2 N–H and O–H groups in total. The first-order valence-corrected chi connectivity index (χ1v) is 11.3. The normalized spacial score (nSPS) is 10.7. The topological polar surface area (TPSA) is 66.6 Å². The molecule has 0 aliphatic heterocycles. The number of aryl methyl sites for hydroxylation is 1. The lowest BCUT2D eigenvalue weighted by molar-refractivity contribution is 0.406. The van der Waals surface area contributed by atoms with E-state index < -0.39 is 0 Å². The maximum Gasteiger partial charge on any atom is 0.253 e. The van der Waals surface area contributed by atoms with Gasteiger partial charge in [0.15, 0.2) is 5.11 Å². The number of rotatable bonds is 7. The van der Waals surface area contributed by atoms with Gasteiger partial charge in [-0.3, -0.25) is 4.79 Å². The lowest BCUT2D eigenvalue weighted by Gasteiger charge is -2.26. The molecule has 1 heterocycles. The quantitative estimate of drug-likeness (QED) is 0.357. The van der Waals surface area contributed by atoms with Crippen LogP contribution in [0, 0.1) is 6.92 Å². The molecule has 0 aliphatic carbocycles. The van der Waals surface area contributed by atoms with Crippen LogP contribution in [0.5, 0.6) is 11.5 Å². The Hall–Kier alpha value is -3.84. The van der Waals surface area contributed by atoms with Crippen molar-refractivity contribution in [2.75, 3.05) is 19.5 Å². The molecule has 0 amide bonds. The second kappa shape index (κ2) is 10.4. The maximum absolute atomic E-state index is 12.9. The highest BCUT2D eigenvalue weighted by Gasteiger charge is 2.15. The zero-order valence-corrected chi connectivity index (χ0v) is 20.2. The Morgan fingerprint density at radius 1 is 0.912 bits per heavy atom. The van der Waals surface area contributed by atoms with Crippen LogP contribution in [0.25, 0.3) is 10.9 Å². The third kappa shape index (κ3) is 5.55. The molecule has 4 rings (SSSR count). The van der Waals surface area contributed by atoms with E-state index in [0.29, 0.717) is 23.8 Å². The second-order valence-corrected chi connectivity index (χ2v) is 8.46. The van der Waals surface area contributed by atoms with Crippen molar-refractivity contribution in [3.05, 3.63) is 99.8 Å². The third-order valence-electron chi connectivity index (χ3n) is 5.61. The fraction of sp³-hybridized carbons (Fsp3) is 0.185. The van der Waals surface area contributed by atoms with Crippen LogP contribution in [0.15, 0.2) is 77.6 Å². The van der Waals surface area contributed by atoms with Crippen LogP contribution >= 0.6 is 12.2 Å². The largest absolute Gasteiger partial charge is 0.497 e. The predicted octanol–water partition coefficient (Wildman–Crippen LogP) is 5.25. The molecule has 0 radical (unpaired) electrons. The summed E-state index contributed by atoms with van der Waals surface area (Å²) >= 11 is 5.77. The van der Waals surface area contributed by atoms with Gasteiger partial charge in [0, 0.05) is 28.7 Å². The summed E-state index contributed by atoms with van der Waals surface area (Å²) in [7, 11) is 3.27. The molecular formula is C27H27N3O3S. The van der Waals surface area contributed by atoms with Crippen LogP contribution in [0.3, 0.4) is 0 Å². The van der Waals surface area contributed by atoms with Crippen LogP contribution in [-0.4, -0.2) is 29.2 Å². The van der Waals surface area contributed by atoms with Gasteiger partial charge in [-0.15, -0.1) is 0 Å². The van der Waals surface area contributed by atoms with Gasteiger partial charge >= 0.3 is 0 Å². The first-order chi connectivity index (χ1) is 16.4. The first kappa shape index (κ1) is 23.3. The summed E-state index contributed by atoms with van der Waals surface area (Å²) in [6.07, 6.45) is 0. The molecule has 34 heavy (non-hydrogen) atoms. The number of aromatic nitrogens is 1. The van der Waals surface area contributed by atoms with Crippen molar-refractivity contribution in [1.82, 2.24) is 9.88 Å². The number of hydrogen-bond acceptors (Lipinski definition) is 4. The number of benzene rings is 3. The number of hydrogen-bond donors (Lipinski definition) is 2. The zero-order valence-electron chi connectivity index (χ0n) is 19.4. The number of nitrogens with zero attached hydrogens (tertiary/aromatic N) is 1. The Morgan fingerprint density at radius 2 is 1.59 bits per heavy atom. The van der Waals surface area contributed by atoms with Crippen LogP contribution < -0.4 is 20.3 Å². The monoisotopic (exact) mass is 473 g/mol. The molecule has 0 saturated heterocycles. The zero-order chi connectivity index (χ0) is 24.1. The second-order valence-electron chi connectivity index (χ2n) is 8.08. The van der Waals surface area contributed by atoms with E-state index >= 15 is 0 Å². The highest BCUT2D eigenvalue weighted by atomic mass is 32.1. The average molecular weight is 474 g/mol. The number of aromatic amines is 1. The number of anilines is 1.